The van der Waals surface area contributed by atoms with Crippen LogP contribution < -0.4 is 10.1 Å². The fraction of sp³-hybridized carbons (Fsp3) is 0.391. The van der Waals surface area contributed by atoms with Gasteiger partial charge in [-0.25, -0.2) is 12.8 Å². The van der Waals surface area contributed by atoms with Gasteiger partial charge in [-0.3, -0.25) is 14.5 Å². The number of ether oxygens (including phenoxy) is 2. The standard InChI is InChI=1S/C23H28FN3O6S/c1-32-23(29)21(26-11-13-27(14-12-26)34(2,30)31)15-25-22(28)18-5-9-20(10-6-18)33-16-17-3-7-19(24)8-4-17/h3-10,21H,11-16H2,1-2H3,(H,25,28)/t21-/m0/s1. The Bertz CT molecular complexity index is 1080. The van der Waals surface area contributed by atoms with Crippen molar-refractivity contribution in [3.63, 3.8) is 0 Å². The van der Waals surface area contributed by atoms with E-state index in [0.717, 1.165) is 11.8 Å². The molecule has 0 aromatic heterocycles. The molecular weight excluding hydrogens is 465 g/mol. The van der Waals surface area contributed by atoms with Crippen LogP contribution in [0.4, 0.5) is 4.39 Å². The molecule has 1 aliphatic heterocycles. The van der Waals surface area contributed by atoms with Crippen molar-refractivity contribution in [1.82, 2.24) is 14.5 Å². The SMILES string of the molecule is COC(=O)[C@H](CNC(=O)c1ccc(OCc2ccc(F)cc2)cc1)N1CCN(S(C)(=O)=O)CC1. The number of hydrogen-bond donors (Lipinski definition) is 1. The molecule has 0 bridgehead atoms. The van der Waals surface area contributed by atoms with Crippen LogP contribution in [-0.2, 0) is 26.2 Å². The van der Waals surface area contributed by atoms with Gasteiger partial charge in [0, 0.05) is 38.3 Å². The Morgan fingerprint density at radius 3 is 2.21 bits per heavy atom. The van der Waals surface area contributed by atoms with Crippen molar-refractivity contribution in [3.05, 3.63) is 65.5 Å². The van der Waals surface area contributed by atoms with E-state index in [1.54, 1.807) is 41.3 Å². The van der Waals surface area contributed by atoms with E-state index >= 15 is 0 Å². The number of amides is 1. The van der Waals surface area contributed by atoms with Gasteiger partial charge in [-0.1, -0.05) is 12.1 Å². The van der Waals surface area contributed by atoms with E-state index in [9.17, 15) is 22.4 Å². The van der Waals surface area contributed by atoms with E-state index in [1.165, 1.54) is 23.5 Å². The van der Waals surface area contributed by atoms with Gasteiger partial charge >= 0.3 is 5.97 Å². The summed E-state index contributed by atoms with van der Waals surface area (Å²) in [5.41, 5.74) is 1.20. The highest BCUT2D eigenvalue weighted by Gasteiger charge is 2.32. The molecule has 2 aromatic carbocycles. The number of rotatable bonds is 9. The molecule has 3 rings (SSSR count). The Kier molecular flexibility index (Phi) is 8.59. The third kappa shape index (κ3) is 6.99. The van der Waals surface area contributed by atoms with Crippen LogP contribution in [0.25, 0.3) is 0 Å². The fourth-order valence-corrected chi connectivity index (χ4v) is 4.41. The monoisotopic (exact) mass is 493 g/mol. The van der Waals surface area contributed by atoms with Crippen molar-refractivity contribution < 1.29 is 31.9 Å². The van der Waals surface area contributed by atoms with E-state index in [4.69, 9.17) is 9.47 Å². The topological polar surface area (TPSA) is 105 Å². The zero-order chi connectivity index (χ0) is 24.7. The Morgan fingerprint density at radius 2 is 1.65 bits per heavy atom. The summed E-state index contributed by atoms with van der Waals surface area (Å²) in [6.07, 6.45) is 1.15. The summed E-state index contributed by atoms with van der Waals surface area (Å²) in [6, 6.07) is 11.8. The van der Waals surface area contributed by atoms with Crippen LogP contribution >= 0.6 is 0 Å². The number of methoxy groups -OCH3 is 1. The van der Waals surface area contributed by atoms with Crippen molar-refractivity contribution in [2.75, 3.05) is 46.1 Å². The van der Waals surface area contributed by atoms with Crippen LogP contribution in [0.2, 0.25) is 0 Å². The number of halogens is 1. The molecule has 1 saturated heterocycles. The van der Waals surface area contributed by atoms with Gasteiger partial charge in [0.1, 0.15) is 24.2 Å². The highest BCUT2D eigenvalue weighted by Crippen LogP contribution is 2.15. The number of benzene rings is 2. The molecule has 1 fully saturated rings. The van der Waals surface area contributed by atoms with Crippen molar-refractivity contribution in [2.24, 2.45) is 0 Å². The predicted molar refractivity (Wildman–Crippen MR) is 123 cm³/mol. The van der Waals surface area contributed by atoms with Gasteiger partial charge in [0.25, 0.3) is 5.91 Å². The lowest BCUT2D eigenvalue weighted by atomic mass is 10.1. The maximum absolute atomic E-state index is 13.0. The molecule has 0 aliphatic carbocycles. The fourth-order valence-electron chi connectivity index (χ4n) is 3.59. The number of esters is 1. The normalized spacial score (nSPS) is 16.0. The summed E-state index contributed by atoms with van der Waals surface area (Å²) in [6.45, 7) is 1.51. The van der Waals surface area contributed by atoms with Gasteiger partial charge in [-0.2, -0.15) is 4.31 Å². The molecule has 1 heterocycles. The summed E-state index contributed by atoms with van der Waals surface area (Å²) < 4.78 is 48.3. The molecule has 0 spiro atoms. The lowest BCUT2D eigenvalue weighted by molar-refractivity contribution is -0.147. The number of nitrogens with one attached hydrogen (secondary N) is 1. The minimum absolute atomic E-state index is 0.0210. The first-order chi connectivity index (χ1) is 16.2. The maximum atomic E-state index is 13.0. The average molecular weight is 494 g/mol. The number of sulfonamides is 1. The zero-order valence-corrected chi connectivity index (χ0v) is 19.9. The second-order valence-corrected chi connectivity index (χ2v) is 9.87. The van der Waals surface area contributed by atoms with Crippen molar-refractivity contribution in [2.45, 2.75) is 12.6 Å². The van der Waals surface area contributed by atoms with Crippen molar-refractivity contribution >= 4 is 21.9 Å². The molecule has 34 heavy (non-hydrogen) atoms. The Morgan fingerprint density at radius 1 is 1.03 bits per heavy atom. The highest BCUT2D eigenvalue weighted by molar-refractivity contribution is 7.88. The minimum atomic E-state index is -3.29. The second kappa shape index (κ2) is 11.4. The van der Waals surface area contributed by atoms with Crippen molar-refractivity contribution in [1.29, 1.82) is 0 Å². The number of hydrogen-bond acceptors (Lipinski definition) is 7. The first-order valence-electron chi connectivity index (χ1n) is 10.7. The number of piperazine rings is 1. The number of carbonyl (C=O) groups is 2. The van der Waals surface area contributed by atoms with Crippen LogP contribution in [0.3, 0.4) is 0 Å². The molecule has 1 amide bonds. The summed E-state index contributed by atoms with van der Waals surface area (Å²) in [7, 11) is -2.02. The lowest BCUT2D eigenvalue weighted by Crippen LogP contribution is -2.57. The first kappa shape index (κ1) is 25.6. The van der Waals surface area contributed by atoms with Gasteiger partial charge in [-0.05, 0) is 42.0 Å². The third-order valence-corrected chi connectivity index (χ3v) is 6.85. The largest absolute Gasteiger partial charge is 0.489 e. The van der Waals surface area contributed by atoms with Gasteiger partial charge in [0.2, 0.25) is 10.0 Å². The Labute approximate surface area is 198 Å². The molecule has 184 valence electrons. The van der Waals surface area contributed by atoms with E-state index in [2.05, 4.69) is 5.32 Å². The van der Waals surface area contributed by atoms with Crippen LogP contribution in [0.1, 0.15) is 15.9 Å². The summed E-state index contributed by atoms with van der Waals surface area (Å²) >= 11 is 0. The maximum Gasteiger partial charge on any atom is 0.324 e. The number of nitrogens with zero attached hydrogens (tertiary/aromatic N) is 2. The van der Waals surface area contributed by atoms with Gasteiger partial charge in [-0.15, -0.1) is 0 Å². The average Bonchev–Trinajstić information content (AvgIpc) is 2.83. The number of carbonyl (C=O) groups excluding carboxylic acids is 2. The molecule has 9 nitrogen and oxygen atoms in total. The molecule has 11 heteroatoms. The van der Waals surface area contributed by atoms with Gasteiger partial charge < -0.3 is 14.8 Å². The second-order valence-electron chi connectivity index (χ2n) is 7.89. The zero-order valence-electron chi connectivity index (χ0n) is 19.1. The smallest absolute Gasteiger partial charge is 0.324 e. The van der Waals surface area contributed by atoms with Crippen LogP contribution in [0.15, 0.2) is 48.5 Å². The quantitative estimate of drug-likeness (QED) is 0.524. The Balaban J connectivity index is 1.53. The summed E-state index contributed by atoms with van der Waals surface area (Å²) in [5, 5.41) is 2.75. The predicted octanol–water partition coefficient (Wildman–Crippen LogP) is 1.25. The summed E-state index contributed by atoms with van der Waals surface area (Å²) in [4.78, 5) is 26.7. The molecule has 0 unspecified atom stereocenters. The molecule has 2 aromatic rings. The molecule has 0 saturated carbocycles. The van der Waals surface area contributed by atoms with Gasteiger partial charge in [0.05, 0.1) is 13.4 Å². The van der Waals surface area contributed by atoms with Gasteiger partial charge in [0.15, 0.2) is 0 Å². The van der Waals surface area contributed by atoms with Crippen molar-refractivity contribution in [3.8, 4) is 5.75 Å². The first-order valence-corrected chi connectivity index (χ1v) is 12.5. The van der Waals surface area contributed by atoms with Crippen LogP contribution in [-0.4, -0.2) is 81.6 Å². The van der Waals surface area contributed by atoms with E-state index in [1.807, 2.05) is 0 Å². The molecule has 1 aliphatic rings. The summed E-state index contributed by atoms with van der Waals surface area (Å²) in [5.74, 6) is -0.631. The third-order valence-electron chi connectivity index (χ3n) is 5.55. The molecule has 0 radical (unpaired) electrons. The van der Waals surface area contributed by atoms with Crippen LogP contribution in [0, 0.1) is 5.82 Å². The minimum Gasteiger partial charge on any atom is -0.489 e. The van der Waals surface area contributed by atoms with Crippen LogP contribution in [0.5, 0.6) is 5.75 Å². The Hall–Kier alpha value is -3.02. The van der Waals surface area contributed by atoms with E-state index < -0.39 is 22.0 Å². The molecule has 1 N–H and O–H groups in total. The van der Waals surface area contributed by atoms with E-state index in [0.29, 0.717) is 24.4 Å². The molecule has 1 atom stereocenters. The highest BCUT2D eigenvalue weighted by atomic mass is 32.2. The van der Waals surface area contributed by atoms with E-state index in [-0.39, 0.29) is 38.0 Å². The molecular formula is C23H28FN3O6S. The lowest BCUT2D eigenvalue weighted by Gasteiger charge is -2.37.